The summed E-state index contributed by atoms with van der Waals surface area (Å²) in [5.74, 6) is -0.938. The molecule has 0 aliphatic heterocycles. The van der Waals surface area contributed by atoms with Crippen molar-refractivity contribution in [1.29, 1.82) is 0 Å². The highest BCUT2D eigenvalue weighted by Gasteiger charge is 2.01. The van der Waals surface area contributed by atoms with Crippen LogP contribution in [-0.2, 0) is 9.59 Å². The second kappa shape index (κ2) is 14.6. The van der Waals surface area contributed by atoms with Crippen LogP contribution in [0, 0.1) is 11.6 Å². The van der Waals surface area contributed by atoms with E-state index in [-0.39, 0.29) is 23.4 Å². The van der Waals surface area contributed by atoms with E-state index in [2.05, 4.69) is 21.1 Å². The first-order valence-electron chi connectivity index (χ1n) is 10.7. The monoisotopic (exact) mass is 442 g/mol. The van der Waals surface area contributed by atoms with Crippen LogP contribution in [0.25, 0.3) is 0 Å². The van der Waals surface area contributed by atoms with Gasteiger partial charge in [0.05, 0.1) is 12.4 Å². The predicted molar refractivity (Wildman–Crippen MR) is 121 cm³/mol. The first-order chi connectivity index (χ1) is 15.5. The van der Waals surface area contributed by atoms with E-state index in [9.17, 15) is 18.4 Å². The van der Waals surface area contributed by atoms with Gasteiger partial charge in [-0.15, -0.1) is 0 Å². The Morgan fingerprint density at radius 1 is 0.625 bits per heavy atom. The number of carbonyl (C=O) groups excluding carboxylic acids is 2. The van der Waals surface area contributed by atoms with E-state index in [1.54, 1.807) is 24.3 Å². The average molecular weight is 443 g/mol. The molecule has 2 aromatic rings. The molecule has 0 aliphatic rings. The second-order valence-corrected chi connectivity index (χ2v) is 7.31. The molecule has 0 bridgehead atoms. The van der Waals surface area contributed by atoms with Crippen LogP contribution in [0.3, 0.4) is 0 Å². The summed E-state index contributed by atoms with van der Waals surface area (Å²) in [4.78, 5) is 23.5. The molecule has 8 heteroatoms. The molecule has 2 aromatic carbocycles. The van der Waals surface area contributed by atoms with Crippen molar-refractivity contribution in [1.82, 2.24) is 10.9 Å². The first kappa shape index (κ1) is 24.8. The van der Waals surface area contributed by atoms with Gasteiger partial charge in [0.2, 0.25) is 11.8 Å². The standard InChI is InChI=1S/C24H28F2N4O2/c25-21-13-9-19(10-14-21)17-27-29-23(31)7-5-3-1-2-4-6-8-24(32)30-28-18-20-11-15-22(26)16-12-20/h9-18H,1-8H2,(H,29,31)(H,30,32). The number of amides is 2. The normalized spacial score (nSPS) is 11.2. The van der Waals surface area contributed by atoms with Crippen LogP contribution in [-0.4, -0.2) is 24.2 Å². The van der Waals surface area contributed by atoms with Crippen LogP contribution in [0.15, 0.2) is 58.7 Å². The number of rotatable bonds is 13. The van der Waals surface area contributed by atoms with Crippen molar-refractivity contribution in [2.45, 2.75) is 51.4 Å². The van der Waals surface area contributed by atoms with E-state index in [0.29, 0.717) is 24.0 Å². The molecule has 0 heterocycles. The zero-order valence-corrected chi connectivity index (χ0v) is 17.9. The Morgan fingerprint density at radius 2 is 0.969 bits per heavy atom. The van der Waals surface area contributed by atoms with Gasteiger partial charge in [-0.2, -0.15) is 10.2 Å². The minimum atomic E-state index is -0.317. The number of unbranched alkanes of at least 4 members (excludes halogenated alkanes) is 5. The van der Waals surface area contributed by atoms with E-state index >= 15 is 0 Å². The van der Waals surface area contributed by atoms with Gasteiger partial charge < -0.3 is 0 Å². The number of carbonyl (C=O) groups is 2. The zero-order chi connectivity index (χ0) is 23.0. The van der Waals surface area contributed by atoms with Gasteiger partial charge in [0.25, 0.3) is 0 Å². The Morgan fingerprint density at radius 3 is 1.34 bits per heavy atom. The lowest BCUT2D eigenvalue weighted by Crippen LogP contribution is -2.17. The summed E-state index contributed by atoms with van der Waals surface area (Å²) >= 11 is 0. The largest absolute Gasteiger partial charge is 0.273 e. The number of hydrogen-bond donors (Lipinski definition) is 2. The summed E-state index contributed by atoms with van der Waals surface area (Å²) in [7, 11) is 0. The van der Waals surface area contributed by atoms with Crippen LogP contribution in [0.1, 0.15) is 62.5 Å². The maximum Gasteiger partial charge on any atom is 0.240 e. The third kappa shape index (κ3) is 11.1. The fourth-order valence-electron chi connectivity index (χ4n) is 2.85. The van der Waals surface area contributed by atoms with Crippen LogP contribution in [0.5, 0.6) is 0 Å². The van der Waals surface area contributed by atoms with Crippen LogP contribution < -0.4 is 10.9 Å². The van der Waals surface area contributed by atoms with Crippen molar-refractivity contribution in [3.8, 4) is 0 Å². The molecule has 0 fully saturated rings. The first-order valence-corrected chi connectivity index (χ1v) is 10.7. The van der Waals surface area contributed by atoms with Crippen LogP contribution in [0.4, 0.5) is 8.78 Å². The molecule has 0 unspecified atom stereocenters. The summed E-state index contributed by atoms with van der Waals surface area (Å²) in [6.07, 6.45) is 9.15. The molecule has 2 rings (SSSR count). The summed E-state index contributed by atoms with van der Waals surface area (Å²) in [5.41, 5.74) is 6.34. The number of halogens is 2. The molecule has 2 amide bonds. The Balaban J connectivity index is 1.43. The lowest BCUT2D eigenvalue weighted by atomic mass is 10.1. The maximum atomic E-state index is 12.8. The smallest absolute Gasteiger partial charge is 0.240 e. The molecular formula is C24H28F2N4O2. The minimum absolute atomic E-state index is 0.152. The van der Waals surface area contributed by atoms with E-state index in [0.717, 1.165) is 38.5 Å². The van der Waals surface area contributed by atoms with Crippen molar-refractivity contribution in [2.75, 3.05) is 0 Å². The molecule has 0 saturated heterocycles. The third-order valence-corrected chi connectivity index (χ3v) is 4.60. The SMILES string of the molecule is O=C(CCCCCCCCC(=O)NN=Cc1ccc(F)cc1)NN=Cc1ccc(F)cc1. The molecule has 0 saturated carbocycles. The Hall–Kier alpha value is -3.42. The highest BCUT2D eigenvalue weighted by atomic mass is 19.1. The van der Waals surface area contributed by atoms with Gasteiger partial charge in [-0.3, -0.25) is 9.59 Å². The molecule has 0 aliphatic carbocycles. The van der Waals surface area contributed by atoms with Gasteiger partial charge in [0.15, 0.2) is 0 Å². The van der Waals surface area contributed by atoms with Gasteiger partial charge in [-0.05, 0) is 48.2 Å². The van der Waals surface area contributed by atoms with Crippen molar-refractivity contribution in [3.63, 3.8) is 0 Å². The van der Waals surface area contributed by atoms with Crippen molar-refractivity contribution < 1.29 is 18.4 Å². The van der Waals surface area contributed by atoms with E-state index in [1.807, 2.05) is 0 Å². The minimum Gasteiger partial charge on any atom is -0.273 e. The molecule has 0 spiro atoms. The molecule has 2 N–H and O–H groups in total. The Bertz CT molecular complexity index is 822. The molecular weight excluding hydrogens is 414 g/mol. The van der Waals surface area contributed by atoms with Gasteiger partial charge >= 0.3 is 0 Å². The van der Waals surface area contributed by atoms with Gasteiger partial charge in [0, 0.05) is 12.8 Å². The molecule has 0 atom stereocenters. The van der Waals surface area contributed by atoms with Gasteiger partial charge in [-0.1, -0.05) is 49.9 Å². The van der Waals surface area contributed by atoms with E-state index in [4.69, 9.17) is 0 Å². The van der Waals surface area contributed by atoms with Crippen molar-refractivity contribution >= 4 is 24.2 Å². The Kier molecular flexibility index (Phi) is 11.3. The summed E-state index contributed by atoms with van der Waals surface area (Å²) in [5, 5.41) is 7.72. The summed E-state index contributed by atoms with van der Waals surface area (Å²) in [6.45, 7) is 0. The molecule has 170 valence electrons. The maximum absolute atomic E-state index is 12.8. The van der Waals surface area contributed by atoms with Gasteiger partial charge in [0.1, 0.15) is 11.6 Å². The van der Waals surface area contributed by atoms with Crippen molar-refractivity contribution in [2.24, 2.45) is 10.2 Å². The number of nitrogens with one attached hydrogen (secondary N) is 2. The topological polar surface area (TPSA) is 82.9 Å². The third-order valence-electron chi connectivity index (χ3n) is 4.60. The lowest BCUT2D eigenvalue weighted by molar-refractivity contribution is -0.122. The highest BCUT2D eigenvalue weighted by Crippen LogP contribution is 2.09. The molecule has 6 nitrogen and oxygen atoms in total. The number of hydrazone groups is 2. The average Bonchev–Trinajstić information content (AvgIpc) is 2.78. The van der Waals surface area contributed by atoms with E-state index in [1.165, 1.54) is 36.7 Å². The van der Waals surface area contributed by atoms with Crippen LogP contribution in [0.2, 0.25) is 0 Å². The molecule has 32 heavy (non-hydrogen) atoms. The number of nitrogens with zero attached hydrogens (tertiary/aromatic N) is 2. The zero-order valence-electron chi connectivity index (χ0n) is 17.9. The number of hydrogen-bond acceptors (Lipinski definition) is 4. The second-order valence-electron chi connectivity index (χ2n) is 7.31. The van der Waals surface area contributed by atoms with Crippen molar-refractivity contribution in [3.05, 3.63) is 71.3 Å². The Labute approximate surface area is 186 Å². The molecule has 0 radical (unpaired) electrons. The van der Waals surface area contributed by atoms with Gasteiger partial charge in [-0.25, -0.2) is 19.6 Å². The number of benzene rings is 2. The fraction of sp³-hybridized carbons (Fsp3) is 0.333. The summed E-state index contributed by atoms with van der Waals surface area (Å²) in [6, 6.07) is 11.6. The quantitative estimate of drug-likeness (QED) is 0.268. The van der Waals surface area contributed by atoms with E-state index < -0.39 is 0 Å². The fourth-order valence-corrected chi connectivity index (χ4v) is 2.85. The van der Waals surface area contributed by atoms with Crippen LogP contribution >= 0.6 is 0 Å². The predicted octanol–water partition coefficient (Wildman–Crippen LogP) is 4.69. The molecule has 0 aromatic heterocycles. The summed E-state index contributed by atoms with van der Waals surface area (Å²) < 4.78 is 25.6. The highest BCUT2D eigenvalue weighted by molar-refractivity contribution is 5.83. The lowest BCUT2D eigenvalue weighted by Gasteiger charge is -2.02.